The van der Waals surface area contributed by atoms with E-state index in [2.05, 4.69) is 58.2 Å². The topological polar surface area (TPSA) is 48.5 Å². The molecule has 0 atom stereocenters. The third-order valence-electron chi connectivity index (χ3n) is 5.86. The van der Waals surface area contributed by atoms with E-state index in [1.807, 2.05) is 31.2 Å². The number of benzene rings is 2. The van der Waals surface area contributed by atoms with Crippen LogP contribution in [0.4, 0.5) is 11.4 Å². The van der Waals surface area contributed by atoms with Crippen LogP contribution in [-0.4, -0.2) is 48.5 Å². The number of aryl methyl sites for hydroxylation is 2. The molecule has 0 unspecified atom stereocenters. The van der Waals surface area contributed by atoms with Gasteiger partial charge in [0.2, 0.25) is 0 Å². The van der Waals surface area contributed by atoms with Crippen LogP contribution >= 0.6 is 11.3 Å². The lowest BCUT2D eigenvalue weighted by Crippen LogP contribution is -2.46. The smallest absolute Gasteiger partial charge is 0.267 e. The number of rotatable bonds is 6. The standard InChI is InChI=1S/C25H30N4OS/c1-4-28-12-14-29(15-13-28)22-11-10-21(16-18(22)2)27-25(30)24-19(3)26-23(31-24)17-20-8-6-5-7-9-20/h5-11,16H,4,12-15,17H2,1-3H3,(H,27,30). The molecule has 1 aromatic heterocycles. The first-order chi connectivity index (χ1) is 15.0. The molecule has 6 heteroatoms. The third-order valence-corrected chi connectivity index (χ3v) is 7.02. The van der Waals surface area contributed by atoms with E-state index in [4.69, 9.17) is 0 Å². The number of nitrogens with zero attached hydrogens (tertiary/aromatic N) is 3. The Labute approximate surface area is 188 Å². The average molecular weight is 435 g/mol. The molecule has 1 N–H and O–H groups in total. The van der Waals surface area contributed by atoms with E-state index in [1.54, 1.807) is 0 Å². The van der Waals surface area contributed by atoms with Crippen molar-refractivity contribution in [3.63, 3.8) is 0 Å². The van der Waals surface area contributed by atoms with Gasteiger partial charge in [-0.05, 0) is 49.7 Å². The van der Waals surface area contributed by atoms with Crippen LogP contribution in [0, 0.1) is 13.8 Å². The van der Waals surface area contributed by atoms with E-state index in [-0.39, 0.29) is 5.91 Å². The molecule has 3 aromatic rings. The first-order valence-electron chi connectivity index (χ1n) is 10.9. The second-order valence-corrected chi connectivity index (χ2v) is 9.14. The van der Waals surface area contributed by atoms with E-state index in [1.165, 1.54) is 28.2 Å². The highest BCUT2D eigenvalue weighted by molar-refractivity contribution is 7.14. The fourth-order valence-corrected chi connectivity index (χ4v) is 5.08. The van der Waals surface area contributed by atoms with E-state index in [9.17, 15) is 4.79 Å². The van der Waals surface area contributed by atoms with Gasteiger partial charge in [-0.15, -0.1) is 11.3 Å². The molecule has 0 saturated carbocycles. The summed E-state index contributed by atoms with van der Waals surface area (Å²) in [5.41, 5.74) is 5.27. The Morgan fingerprint density at radius 3 is 2.48 bits per heavy atom. The molecule has 1 fully saturated rings. The van der Waals surface area contributed by atoms with Crippen molar-refractivity contribution < 1.29 is 4.79 Å². The lowest BCUT2D eigenvalue weighted by atomic mass is 10.1. The molecule has 0 radical (unpaired) electrons. The SMILES string of the molecule is CCN1CCN(c2ccc(NC(=O)c3sc(Cc4ccccc4)nc3C)cc2C)CC1. The van der Waals surface area contributed by atoms with Gasteiger partial charge in [0.25, 0.3) is 5.91 Å². The van der Waals surface area contributed by atoms with Crippen molar-refractivity contribution in [2.45, 2.75) is 27.2 Å². The first kappa shape index (κ1) is 21.5. The highest BCUT2D eigenvalue weighted by atomic mass is 32.1. The van der Waals surface area contributed by atoms with Crippen molar-refractivity contribution in [3.8, 4) is 0 Å². The molecule has 0 aliphatic carbocycles. The number of thiazole rings is 1. The van der Waals surface area contributed by atoms with Gasteiger partial charge >= 0.3 is 0 Å². The van der Waals surface area contributed by atoms with Crippen LogP contribution in [0.2, 0.25) is 0 Å². The number of piperazine rings is 1. The van der Waals surface area contributed by atoms with Crippen LogP contribution < -0.4 is 10.2 Å². The zero-order valence-electron chi connectivity index (χ0n) is 18.5. The van der Waals surface area contributed by atoms with Crippen molar-refractivity contribution in [1.82, 2.24) is 9.88 Å². The molecule has 31 heavy (non-hydrogen) atoms. The Balaban J connectivity index is 1.42. The molecule has 0 bridgehead atoms. The summed E-state index contributed by atoms with van der Waals surface area (Å²) in [7, 11) is 0. The Morgan fingerprint density at radius 1 is 1.06 bits per heavy atom. The van der Waals surface area contributed by atoms with Gasteiger partial charge < -0.3 is 15.1 Å². The predicted molar refractivity (Wildman–Crippen MR) is 130 cm³/mol. The van der Waals surface area contributed by atoms with Crippen LogP contribution in [0.25, 0.3) is 0 Å². The van der Waals surface area contributed by atoms with Crippen LogP contribution in [-0.2, 0) is 6.42 Å². The predicted octanol–water partition coefficient (Wildman–Crippen LogP) is 4.74. The second kappa shape index (κ2) is 9.62. The lowest BCUT2D eigenvalue weighted by Gasteiger charge is -2.36. The minimum Gasteiger partial charge on any atom is -0.369 e. The molecule has 1 aliphatic rings. The van der Waals surface area contributed by atoms with Gasteiger partial charge in [-0.2, -0.15) is 0 Å². The monoisotopic (exact) mass is 434 g/mol. The summed E-state index contributed by atoms with van der Waals surface area (Å²) in [5.74, 6) is -0.0852. The van der Waals surface area contributed by atoms with E-state index in [0.717, 1.165) is 55.5 Å². The quantitative estimate of drug-likeness (QED) is 0.609. The van der Waals surface area contributed by atoms with Crippen molar-refractivity contribution in [2.24, 2.45) is 0 Å². The second-order valence-electron chi connectivity index (χ2n) is 8.06. The number of likely N-dealkylation sites (N-methyl/N-ethyl adjacent to an activating group) is 1. The van der Waals surface area contributed by atoms with E-state index >= 15 is 0 Å². The summed E-state index contributed by atoms with van der Waals surface area (Å²) in [6.07, 6.45) is 0.749. The molecule has 1 aliphatic heterocycles. The molecule has 4 rings (SSSR count). The van der Waals surface area contributed by atoms with Crippen molar-refractivity contribution in [3.05, 3.63) is 75.2 Å². The number of carbonyl (C=O) groups is 1. The highest BCUT2D eigenvalue weighted by Crippen LogP contribution is 2.26. The van der Waals surface area contributed by atoms with E-state index < -0.39 is 0 Å². The summed E-state index contributed by atoms with van der Waals surface area (Å²) in [5, 5.41) is 4.03. The van der Waals surface area contributed by atoms with Gasteiger partial charge in [0, 0.05) is 44.0 Å². The zero-order valence-corrected chi connectivity index (χ0v) is 19.3. The molecule has 5 nitrogen and oxygen atoms in total. The number of amides is 1. The van der Waals surface area contributed by atoms with E-state index in [0.29, 0.717) is 4.88 Å². The fraction of sp³-hybridized carbons (Fsp3) is 0.360. The molecule has 1 amide bonds. The Bertz CT molecular complexity index is 1040. The number of nitrogens with one attached hydrogen (secondary N) is 1. The summed E-state index contributed by atoms with van der Waals surface area (Å²) in [6, 6.07) is 16.4. The summed E-state index contributed by atoms with van der Waals surface area (Å²) >= 11 is 1.48. The largest absolute Gasteiger partial charge is 0.369 e. The normalized spacial score (nSPS) is 14.6. The van der Waals surface area contributed by atoms with Crippen LogP contribution in [0.5, 0.6) is 0 Å². The van der Waals surface area contributed by atoms with Crippen LogP contribution in [0.3, 0.4) is 0 Å². The first-order valence-corrected chi connectivity index (χ1v) is 11.7. The minimum atomic E-state index is -0.0852. The Morgan fingerprint density at radius 2 is 1.81 bits per heavy atom. The average Bonchev–Trinajstić information content (AvgIpc) is 3.15. The van der Waals surface area contributed by atoms with Gasteiger partial charge in [0.1, 0.15) is 4.88 Å². The summed E-state index contributed by atoms with van der Waals surface area (Å²) < 4.78 is 0. The highest BCUT2D eigenvalue weighted by Gasteiger charge is 2.19. The molecule has 2 aromatic carbocycles. The van der Waals surface area contributed by atoms with Gasteiger partial charge in [-0.25, -0.2) is 4.98 Å². The minimum absolute atomic E-state index is 0.0852. The summed E-state index contributed by atoms with van der Waals surface area (Å²) in [6.45, 7) is 11.6. The van der Waals surface area contributed by atoms with Crippen molar-refractivity contribution >= 4 is 28.6 Å². The molecule has 162 valence electrons. The molecule has 2 heterocycles. The number of hydrogen-bond acceptors (Lipinski definition) is 5. The molecule has 1 saturated heterocycles. The van der Waals surface area contributed by atoms with Gasteiger partial charge in [0.15, 0.2) is 0 Å². The Hall–Kier alpha value is -2.70. The van der Waals surface area contributed by atoms with Crippen LogP contribution in [0.1, 0.15) is 38.4 Å². The van der Waals surface area contributed by atoms with Gasteiger partial charge in [0.05, 0.1) is 10.7 Å². The maximum absolute atomic E-state index is 12.9. The fourth-order valence-electron chi connectivity index (χ4n) is 4.09. The van der Waals surface area contributed by atoms with Gasteiger partial charge in [-0.3, -0.25) is 4.79 Å². The van der Waals surface area contributed by atoms with Crippen molar-refractivity contribution in [1.29, 1.82) is 0 Å². The lowest BCUT2D eigenvalue weighted by molar-refractivity contribution is 0.103. The Kier molecular flexibility index (Phi) is 6.68. The summed E-state index contributed by atoms with van der Waals surface area (Å²) in [4.78, 5) is 23.1. The van der Waals surface area contributed by atoms with Crippen LogP contribution in [0.15, 0.2) is 48.5 Å². The third kappa shape index (κ3) is 5.14. The molecular formula is C25H30N4OS. The zero-order chi connectivity index (χ0) is 21.8. The van der Waals surface area contributed by atoms with Crippen molar-refractivity contribution in [2.75, 3.05) is 42.9 Å². The number of carbonyl (C=O) groups excluding carboxylic acids is 1. The number of aromatic nitrogens is 1. The maximum Gasteiger partial charge on any atom is 0.267 e. The maximum atomic E-state index is 12.9. The number of anilines is 2. The number of hydrogen-bond donors (Lipinski definition) is 1. The molecule has 0 spiro atoms. The molecular weight excluding hydrogens is 404 g/mol. The van der Waals surface area contributed by atoms with Gasteiger partial charge in [-0.1, -0.05) is 37.3 Å².